The largest absolute Gasteiger partial charge is 0.497 e. The topological polar surface area (TPSA) is 83.7 Å². The van der Waals surface area contributed by atoms with Crippen molar-refractivity contribution in [2.75, 3.05) is 32.6 Å². The number of aromatic amines is 1. The van der Waals surface area contributed by atoms with E-state index in [1.165, 1.54) is 10.9 Å². The zero-order valence-electron chi connectivity index (χ0n) is 20.4. The molecule has 0 atom stereocenters. The molecule has 184 valence electrons. The minimum atomic E-state index is -0.272. The minimum Gasteiger partial charge on any atom is -0.497 e. The van der Waals surface area contributed by atoms with Crippen molar-refractivity contribution in [3.63, 3.8) is 0 Å². The molecule has 7 nitrogen and oxygen atoms in total. The number of hydrogen-bond acceptors (Lipinski definition) is 4. The maximum Gasteiger partial charge on any atom is 0.255 e. The number of anilines is 1. The van der Waals surface area contributed by atoms with Gasteiger partial charge in [0.05, 0.1) is 25.5 Å². The first-order chi connectivity index (χ1) is 17.6. The van der Waals surface area contributed by atoms with E-state index >= 15 is 0 Å². The summed E-state index contributed by atoms with van der Waals surface area (Å²) in [6.07, 6.45) is 3.82. The van der Waals surface area contributed by atoms with E-state index in [0.717, 1.165) is 24.1 Å². The number of likely N-dealkylation sites (tertiary alicyclic amines) is 1. The van der Waals surface area contributed by atoms with Crippen LogP contribution in [0.2, 0.25) is 0 Å². The zero-order chi connectivity index (χ0) is 25.1. The molecule has 5 rings (SSSR count). The second-order valence-electron chi connectivity index (χ2n) is 8.95. The molecule has 1 fully saturated rings. The van der Waals surface area contributed by atoms with Crippen molar-refractivity contribution in [3.05, 3.63) is 89.6 Å². The number of carbonyl (C=O) groups excluding carboxylic acids is 2. The molecular weight excluding hydrogens is 454 g/mol. The quantitative estimate of drug-likeness (QED) is 0.382. The van der Waals surface area contributed by atoms with Crippen LogP contribution < -0.4 is 14.8 Å². The molecule has 3 aromatic carbocycles. The van der Waals surface area contributed by atoms with Gasteiger partial charge in [0, 0.05) is 35.8 Å². The van der Waals surface area contributed by atoms with Gasteiger partial charge in [-0.2, -0.15) is 0 Å². The summed E-state index contributed by atoms with van der Waals surface area (Å²) in [5, 5.41) is 4.08. The summed E-state index contributed by atoms with van der Waals surface area (Å²) >= 11 is 0. The van der Waals surface area contributed by atoms with Crippen molar-refractivity contribution in [1.82, 2.24) is 9.88 Å². The Morgan fingerprint density at radius 3 is 2.33 bits per heavy atom. The van der Waals surface area contributed by atoms with Gasteiger partial charge in [0.1, 0.15) is 11.5 Å². The zero-order valence-corrected chi connectivity index (χ0v) is 20.4. The molecule has 0 radical (unpaired) electrons. The Labute approximate surface area is 210 Å². The minimum absolute atomic E-state index is 0.0697. The molecule has 1 saturated heterocycles. The third-order valence-corrected chi connectivity index (χ3v) is 6.90. The summed E-state index contributed by atoms with van der Waals surface area (Å²) in [7, 11) is 3.26. The van der Waals surface area contributed by atoms with E-state index in [0.29, 0.717) is 41.6 Å². The fourth-order valence-electron chi connectivity index (χ4n) is 4.87. The monoisotopic (exact) mass is 483 g/mol. The van der Waals surface area contributed by atoms with Gasteiger partial charge in [-0.15, -0.1) is 0 Å². The smallest absolute Gasteiger partial charge is 0.255 e. The van der Waals surface area contributed by atoms with Crippen LogP contribution in [0.15, 0.2) is 72.9 Å². The summed E-state index contributed by atoms with van der Waals surface area (Å²) in [5.41, 5.74) is 3.85. The predicted octanol–water partition coefficient (Wildman–Crippen LogP) is 5.46. The highest BCUT2D eigenvalue weighted by Gasteiger charge is 2.27. The Hall–Kier alpha value is -4.26. The van der Waals surface area contributed by atoms with Gasteiger partial charge < -0.3 is 24.7 Å². The van der Waals surface area contributed by atoms with Crippen LogP contribution in [0.25, 0.3) is 10.9 Å². The SMILES string of the molecule is COc1ccc(C(=O)Nc2ccccc2C(=O)N2CCC(c3c[nH]c4ccc(OC)cc34)CC2)cc1. The number of nitrogens with one attached hydrogen (secondary N) is 2. The number of H-pyrrole nitrogens is 1. The average Bonchev–Trinajstić information content (AvgIpc) is 3.36. The van der Waals surface area contributed by atoms with Crippen molar-refractivity contribution in [2.24, 2.45) is 0 Å². The highest BCUT2D eigenvalue weighted by molar-refractivity contribution is 6.09. The van der Waals surface area contributed by atoms with Crippen LogP contribution >= 0.6 is 0 Å². The fraction of sp³-hybridized carbons (Fsp3) is 0.241. The molecule has 0 aliphatic carbocycles. The van der Waals surface area contributed by atoms with Gasteiger partial charge in [0.2, 0.25) is 0 Å². The number of para-hydroxylation sites is 1. The molecule has 0 spiro atoms. The van der Waals surface area contributed by atoms with Crippen LogP contribution in [0.3, 0.4) is 0 Å². The van der Waals surface area contributed by atoms with Crippen LogP contribution in [-0.4, -0.2) is 49.0 Å². The van der Waals surface area contributed by atoms with Gasteiger partial charge in [-0.1, -0.05) is 12.1 Å². The number of rotatable bonds is 6. The lowest BCUT2D eigenvalue weighted by Crippen LogP contribution is -2.38. The lowest BCUT2D eigenvalue weighted by molar-refractivity contribution is 0.0714. The molecule has 2 heterocycles. The van der Waals surface area contributed by atoms with Gasteiger partial charge in [-0.05, 0) is 78.9 Å². The van der Waals surface area contributed by atoms with E-state index in [1.54, 1.807) is 50.6 Å². The molecule has 0 saturated carbocycles. The predicted molar refractivity (Wildman–Crippen MR) is 140 cm³/mol. The molecule has 2 amide bonds. The van der Waals surface area contributed by atoms with Crippen LogP contribution in [0.4, 0.5) is 5.69 Å². The number of amides is 2. The fourth-order valence-corrected chi connectivity index (χ4v) is 4.87. The van der Waals surface area contributed by atoms with Crippen molar-refractivity contribution < 1.29 is 19.1 Å². The number of piperidine rings is 1. The summed E-state index contributed by atoms with van der Waals surface area (Å²) in [6, 6.07) is 20.1. The number of aromatic nitrogens is 1. The molecule has 0 unspecified atom stereocenters. The third kappa shape index (κ3) is 4.64. The average molecular weight is 484 g/mol. The Morgan fingerprint density at radius 2 is 1.61 bits per heavy atom. The summed E-state index contributed by atoms with van der Waals surface area (Å²) in [6.45, 7) is 1.31. The maximum atomic E-state index is 13.4. The Morgan fingerprint density at radius 1 is 0.917 bits per heavy atom. The van der Waals surface area contributed by atoms with E-state index in [4.69, 9.17) is 9.47 Å². The van der Waals surface area contributed by atoms with E-state index < -0.39 is 0 Å². The van der Waals surface area contributed by atoms with E-state index in [-0.39, 0.29) is 11.8 Å². The van der Waals surface area contributed by atoms with Crippen molar-refractivity contribution >= 4 is 28.4 Å². The summed E-state index contributed by atoms with van der Waals surface area (Å²) < 4.78 is 10.6. The lowest BCUT2D eigenvalue weighted by Gasteiger charge is -2.32. The Bertz CT molecular complexity index is 1390. The molecule has 1 aromatic heterocycles. The van der Waals surface area contributed by atoms with Crippen LogP contribution in [0.1, 0.15) is 45.0 Å². The first kappa shape index (κ1) is 23.5. The molecule has 1 aliphatic heterocycles. The van der Waals surface area contributed by atoms with Crippen molar-refractivity contribution in [1.29, 1.82) is 0 Å². The van der Waals surface area contributed by atoms with Crippen LogP contribution in [0, 0.1) is 0 Å². The summed E-state index contributed by atoms with van der Waals surface area (Å²) in [5.74, 6) is 1.53. The number of fused-ring (bicyclic) bond motifs is 1. The number of methoxy groups -OCH3 is 2. The first-order valence-corrected chi connectivity index (χ1v) is 12.1. The lowest BCUT2D eigenvalue weighted by atomic mass is 9.89. The first-order valence-electron chi connectivity index (χ1n) is 12.1. The van der Waals surface area contributed by atoms with Gasteiger partial charge in [0.25, 0.3) is 11.8 Å². The second kappa shape index (κ2) is 10.2. The normalized spacial score (nSPS) is 14.0. The molecule has 2 N–H and O–H groups in total. The molecule has 7 heteroatoms. The van der Waals surface area contributed by atoms with E-state index in [1.807, 2.05) is 29.2 Å². The van der Waals surface area contributed by atoms with Gasteiger partial charge in [-0.25, -0.2) is 0 Å². The number of carbonyl (C=O) groups is 2. The van der Waals surface area contributed by atoms with E-state index in [2.05, 4.69) is 22.6 Å². The van der Waals surface area contributed by atoms with Crippen LogP contribution in [-0.2, 0) is 0 Å². The highest BCUT2D eigenvalue weighted by atomic mass is 16.5. The number of hydrogen-bond donors (Lipinski definition) is 2. The Balaban J connectivity index is 1.28. The summed E-state index contributed by atoms with van der Waals surface area (Å²) in [4.78, 5) is 31.5. The highest BCUT2D eigenvalue weighted by Crippen LogP contribution is 2.35. The third-order valence-electron chi connectivity index (χ3n) is 6.90. The number of ether oxygens (including phenoxy) is 2. The van der Waals surface area contributed by atoms with Gasteiger partial charge in [0.15, 0.2) is 0 Å². The second-order valence-corrected chi connectivity index (χ2v) is 8.95. The van der Waals surface area contributed by atoms with Gasteiger partial charge in [-0.3, -0.25) is 9.59 Å². The molecular formula is C29H29N3O4. The molecule has 1 aliphatic rings. The van der Waals surface area contributed by atoms with Crippen molar-refractivity contribution in [2.45, 2.75) is 18.8 Å². The standard InChI is InChI=1S/C29H29N3O4/c1-35-21-9-7-20(8-10-21)28(33)31-27-6-4-3-5-23(27)29(34)32-15-13-19(14-16-32)25-18-30-26-12-11-22(36-2)17-24(25)26/h3-12,17-19,30H,13-16H2,1-2H3,(H,31,33). The molecule has 0 bridgehead atoms. The van der Waals surface area contributed by atoms with Crippen molar-refractivity contribution in [3.8, 4) is 11.5 Å². The van der Waals surface area contributed by atoms with Gasteiger partial charge >= 0.3 is 0 Å². The Kier molecular flexibility index (Phi) is 6.62. The number of nitrogens with zero attached hydrogens (tertiary/aromatic N) is 1. The molecule has 36 heavy (non-hydrogen) atoms. The number of benzene rings is 3. The molecule has 4 aromatic rings. The maximum absolute atomic E-state index is 13.4. The van der Waals surface area contributed by atoms with E-state index in [9.17, 15) is 9.59 Å². The van der Waals surface area contributed by atoms with Crippen LogP contribution in [0.5, 0.6) is 11.5 Å².